The lowest BCUT2D eigenvalue weighted by Gasteiger charge is -2.29. The van der Waals surface area contributed by atoms with Gasteiger partial charge in [-0.05, 0) is 28.3 Å². The summed E-state index contributed by atoms with van der Waals surface area (Å²) in [5.41, 5.74) is 2.88. The Bertz CT molecular complexity index is 842. The maximum atomic E-state index is 12.2. The van der Waals surface area contributed by atoms with Crippen molar-refractivity contribution in [3.8, 4) is 11.1 Å². The Balaban J connectivity index is 2.08. The van der Waals surface area contributed by atoms with E-state index in [1.807, 2.05) is 36.4 Å². The molecule has 0 bridgehead atoms. The van der Waals surface area contributed by atoms with Crippen LogP contribution in [0.25, 0.3) is 17.2 Å². The van der Waals surface area contributed by atoms with Crippen molar-refractivity contribution in [2.75, 3.05) is 0 Å². The highest BCUT2D eigenvalue weighted by Crippen LogP contribution is 2.30. The molecule has 1 heterocycles. The molecule has 0 atom stereocenters. The Morgan fingerprint density at radius 2 is 1.48 bits per heavy atom. The van der Waals surface area contributed by atoms with Gasteiger partial charge in [-0.25, -0.2) is 9.59 Å². The molecule has 0 amide bonds. The summed E-state index contributed by atoms with van der Waals surface area (Å²) in [4.78, 5) is 24.3. The molecule has 1 aliphatic rings. The third-order valence-electron chi connectivity index (χ3n) is 3.86. The summed E-state index contributed by atoms with van der Waals surface area (Å²) in [6.07, 6.45) is 1.46. The number of aliphatic hydroxyl groups is 1. The van der Waals surface area contributed by atoms with Gasteiger partial charge in [0, 0.05) is 13.8 Å². The van der Waals surface area contributed by atoms with Crippen LogP contribution < -0.4 is 0 Å². The van der Waals surface area contributed by atoms with Crippen molar-refractivity contribution in [1.82, 2.24) is 0 Å². The standard InChI is InChI=1S/C20H18O5/c1-20(2)24-18(22)17(19(23)25-20)11-13-7-3-5-9-15(13)16-10-6-4-8-14(16)12-21/h3-11,21H,12H2,1-2H3. The monoisotopic (exact) mass is 338 g/mol. The van der Waals surface area contributed by atoms with Crippen LogP contribution in [0.1, 0.15) is 25.0 Å². The average molecular weight is 338 g/mol. The fraction of sp³-hybridized carbons (Fsp3) is 0.200. The van der Waals surface area contributed by atoms with Crippen LogP contribution in [0.15, 0.2) is 54.1 Å². The average Bonchev–Trinajstić information content (AvgIpc) is 2.57. The molecule has 0 aliphatic carbocycles. The van der Waals surface area contributed by atoms with E-state index in [4.69, 9.17) is 9.47 Å². The largest absolute Gasteiger partial charge is 0.419 e. The molecule has 5 nitrogen and oxygen atoms in total. The summed E-state index contributed by atoms with van der Waals surface area (Å²) in [7, 11) is 0. The van der Waals surface area contributed by atoms with Crippen LogP contribution in [0.5, 0.6) is 0 Å². The van der Waals surface area contributed by atoms with Gasteiger partial charge >= 0.3 is 11.9 Å². The van der Waals surface area contributed by atoms with Gasteiger partial charge in [-0.15, -0.1) is 0 Å². The summed E-state index contributed by atoms with van der Waals surface area (Å²) < 4.78 is 10.3. The van der Waals surface area contributed by atoms with Crippen LogP contribution in [0.4, 0.5) is 0 Å². The number of rotatable bonds is 3. The molecule has 1 saturated heterocycles. The van der Waals surface area contributed by atoms with Gasteiger partial charge in [-0.1, -0.05) is 48.5 Å². The second kappa shape index (κ2) is 6.53. The van der Waals surface area contributed by atoms with Gasteiger partial charge in [0.1, 0.15) is 5.57 Å². The zero-order chi connectivity index (χ0) is 18.0. The van der Waals surface area contributed by atoms with E-state index in [1.54, 1.807) is 12.1 Å². The van der Waals surface area contributed by atoms with E-state index in [0.29, 0.717) is 5.56 Å². The lowest BCUT2D eigenvalue weighted by atomic mass is 9.94. The first kappa shape index (κ1) is 16.9. The van der Waals surface area contributed by atoms with Gasteiger partial charge in [0.2, 0.25) is 0 Å². The van der Waals surface area contributed by atoms with Gasteiger partial charge in [-0.3, -0.25) is 0 Å². The Hall–Kier alpha value is -2.92. The van der Waals surface area contributed by atoms with Crippen LogP contribution >= 0.6 is 0 Å². The minimum atomic E-state index is -1.27. The summed E-state index contributed by atoms with van der Waals surface area (Å²) >= 11 is 0. The van der Waals surface area contributed by atoms with Crippen LogP contribution in [-0.4, -0.2) is 22.8 Å². The number of hydrogen-bond acceptors (Lipinski definition) is 5. The molecule has 1 N–H and O–H groups in total. The van der Waals surface area contributed by atoms with Crippen LogP contribution in [0.3, 0.4) is 0 Å². The van der Waals surface area contributed by atoms with E-state index < -0.39 is 17.7 Å². The summed E-state index contributed by atoms with van der Waals surface area (Å²) in [5, 5.41) is 9.57. The van der Waals surface area contributed by atoms with E-state index in [2.05, 4.69) is 0 Å². The zero-order valence-electron chi connectivity index (χ0n) is 14.0. The van der Waals surface area contributed by atoms with Crippen molar-refractivity contribution in [2.45, 2.75) is 26.2 Å². The molecule has 2 aromatic carbocycles. The van der Waals surface area contributed by atoms with Crippen molar-refractivity contribution in [2.24, 2.45) is 0 Å². The number of carbonyl (C=O) groups excluding carboxylic acids is 2. The quantitative estimate of drug-likeness (QED) is 0.529. The first-order valence-corrected chi connectivity index (χ1v) is 7.88. The number of ether oxygens (including phenoxy) is 2. The second-order valence-corrected chi connectivity index (χ2v) is 6.14. The van der Waals surface area contributed by atoms with Gasteiger partial charge in [0.25, 0.3) is 5.79 Å². The Labute approximate surface area is 145 Å². The maximum absolute atomic E-state index is 12.2. The number of carbonyl (C=O) groups is 2. The molecule has 3 rings (SSSR count). The van der Waals surface area contributed by atoms with Gasteiger partial charge in [0.15, 0.2) is 0 Å². The Morgan fingerprint density at radius 3 is 2.12 bits per heavy atom. The topological polar surface area (TPSA) is 72.8 Å². The molecular formula is C20H18O5. The number of cyclic esters (lactones) is 2. The van der Waals surface area contributed by atoms with Crippen molar-refractivity contribution in [3.05, 3.63) is 65.2 Å². The molecule has 2 aromatic rings. The highest BCUT2D eigenvalue weighted by Gasteiger charge is 2.38. The molecular weight excluding hydrogens is 320 g/mol. The van der Waals surface area contributed by atoms with E-state index in [0.717, 1.165) is 16.7 Å². The molecule has 128 valence electrons. The fourth-order valence-electron chi connectivity index (χ4n) is 2.72. The number of benzene rings is 2. The lowest BCUT2D eigenvalue weighted by molar-refractivity contribution is -0.222. The Kier molecular flexibility index (Phi) is 4.42. The maximum Gasteiger partial charge on any atom is 0.348 e. The SMILES string of the molecule is CC1(C)OC(=O)C(=Cc2ccccc2-c2ccccc2CO)C(=O)O1. The minimum Gasteiger partial charge on any atom is -0.419 e. The lowest BCUT2D eigenvalue weighted by Crippen LogP contribution is -2.41. The molecule has 1 aliphatic heterocycles. The zero-order valence-corrected chi connectivity index (χ0v) is 14.0. The van der Waals surface area contributed by atoms with Crippen molar-refractivity contribution in [3.63, 3.8) is 0 Å². The number of hydrogen-bond donors (Lipinski definition) is 1. The molecule has 0 aromatic heterocycles. The van der Waals surface area contributed by atoms with Gasteiger partial charge in [-0.2, -0.15) is 0 Å². The van der Waals surface area contributed by atoms with Gasteiger partial charge in [0.05, 0.1) is 6.61 Å². The smallest absolute Gasteiger partial charge is 0.348 e. The van der Waals surface area contributed by atoms with Crippen molar-refractivity contribution >= 4 is 18.0 Å². The third kappa shape index (κ3) is 3.46. The molecule has 25 heavy (non-hydrogen) atoms. The Morgan fingerprint density at radius 1 is 0.920 bits per heavy atom. The van der Waals surface area contributed by atoms with E-state index in [-0.39, 0.29) is 12.2 Å². The van der Waals surface area contributed by atoms with Crippen LogP contribution in [0, 0.1) is 0 Å². The van der Waals surface area contributed by atoms with Crippen molar-refractivity contribution in [1.29, 1.82) is 0 Å². The highest BCUT2D eigenvalue weighted by atomic mass is 16.7. The second-order valence-electron chi connectivity index (χ2n) is 6.14. The molecule has 0 radical (unpaired) electrons. The van der Waals surface area contributed by atoms with Crippen LogP contribution in [0.2, 0.25) is 0 Å². The molecule has 0 spiro atoms. The predicted octanol–water partition coefficient (Wildman–Crippen LogP) is 3.07. The fourth-order valence-corrected chi connectivity index (χ4v) is 2.72. The first-order chi connectivity index (χ1) is 11.9. The highest BCUT2D eigenvalue weighted by molar-refractivity contribution is 6.19. The number of esters is 2. The van der Waals surface area contributed by atoms with Crippen LogP contribution in [-0.2, 0) is 25.7 Å². The summed E-state index contributed by atoms with van der Waals surface area (Å²) in [5.74, 6) is -2.70. The third-order valence-corrected chi connectivity index (χ3v) is 3.86. The molecule has 5 heteroatoms. The summed E-state index contributed by atoms with van der Waals surface area (Å²) in [6.45, 7) is 2.90. The van der Waals surface area contributed by atoms with E-state index in [1.165, 1.54) is 19.9 Å². The predicted molar refractivity (Wildman–Crippen MR) is 92.0 cm³/mol. The molecule has 1 fully saturated rings. The minimum absolute atomic E-state index is 0.112. The van der Waals surface area contributed by atoms with Gasteiger partial charge < -0.3 is 14.6 Å². The first-order valence-electron chi connectivity index (χ1n) is 7.88. The van der Waals surface area contributed by atoms with E-state index >= 15 is 0 Å². The summed E-state index contributed by atoms with van der Waals surface area (Å²) in [6, 6.07) is 14.7. The molecule has 0 saturated carbocycles. The number of aliphatic hydroxyl groups excluding tert-OH is 1. The van der Waals surface area contributed by atoms with E-state index in [9.17, 15) is 14.7 Å². The molecule has 0 unspecified atom stereocenters. The van der Waals surface area contributed by atoms with Crippen molar-refractivity contribution < 1.29 is 24.2 Å². The normalized spacial score (nSPS) is 16.2.